The summed E-state index contributed by atoms with van der Waals surface area (Å²) < 4.78 is 26.4. The summed E-state index contributed by atoms with van der Waals surface area (Å²) >= 11 is 0. The first kappa shape index (κ1) is 15.0. The van der Waals surface area contributed by atoms with Gasteiger partial charge in [-0.25, -0.2) is 8.78 Å². The van der Waals surface area contributed by atoms with Crippen molar-refractivity contribution in [3.05, 3.63) is 29.8 Å². The largest absolute Gasteiger partial charge is 0.355 e. The molecule has 1 rings (SSSR count). The number of amides is 2. The Labute approximate surface area is 109 Å². The zero-order valence-corrected chi connectivity index (χ0v) is 10.4. The number of carbonyl (C=O) groups excluding carboxylic acids is 2. The van der Waals surface area contributed by atoms with Crippen LogP contribution in [0.15, 0.2) is 18.2 Å². The molecule has 5 nitrogen and oxygen atoms in total. The summed E-state index contributed by atoms with van der Waals surface area (Å²) in [5.41, 5.74) is -0.493. The predicted octanol–water partition coefficient (Wildman–Crippen LogP) is 0.629. The fraction of sp³-hybridized carbons (Fsp3) is 0.333. The van der Waals surface area contributed by atoms with E-state index in [2.05, 4.69) is 16.0 Å². The Morgan fingerprint density at radius 3 is 2.26 bits per heavy atom. The monoisotopic (exact) mass is 271 g/mol. The van der Waals surface area contributed by atoms with E-state index in [0.29, 0.717) is 6.54 Å². The van der Waals surface area contributed by atoms with E-state index in [1.807, 2.05) is 0 Å². The number of likely N-dealkylation sites (N-methyl/N-ethyl adjacent to an activating group) is 1. The Hall–Kier alpha value is -2.02. The molecular weight excluding hydrogens is 256 g/mol. The molecule has 0 spiro atoms. The lowest BCUT2D eigenvalue weighted by Gasteiger charge is -2.08. The van der Waals surface area contributed by atoms with Crippen molar-refractivity contribution in [3.8, 4) is 0 Å². The van der Waals surface area contributed by atoms with Gasteiger partial charge in [-0.2, -0.15) is 0 Å². The predicted molar refractivity (Wildman–Crippen MR) is 66.5 cm³/mol. The van der Waals surface area contributed by atoms with Gasteiger partial charge in [-0.3, -0.25) is 14.9 Å². The smallest absolute Gasteiger partial charge is 0.238 e. The van der Waals surface area contributed by atoms with Gasteiger partial charge in [0, 0.05) is 6.54 Å². The van der Waals surface area contributed by atoms with E-state index in [4.69, 9.17) is 0 Å². The fourth-order valence-corrected chi connectivity index (χ4v) is 1.35. The molecule has 0 unspecified atom stereocenters. The number of para-hydroxylation sites is 1. The van der Waals surface area contributed by atoms with Gasteiger partial charge in [0.15, 0.2) is 0 Å². The van der Waals surface area contributed by atoms with Gasteiger partial charge in [-0.05, 0) is 19.1 Å². The molecule has 0 bridgehead atoms. The second-order valence-corrected chi connectivity index (χ2v) is 3.70. The SMILES string of the molecule is CCNC(=O)CNCC(=O)Nc1c(F)cccc1F. The van der Waals surface area contributed by atoms with E-state index in [0.717, 1.165) is 12.1 Å². The number of anilines is 1. The van der Waals surface area contributed by atoms with Crippen LogP contribution in [0.3, 0.4) is 0 Å². The highest BCUT2D eigenvalue weighted by Gasteiger charge is 2.11. The van der Waals surface area contributed by atoms with Crippen LogP contribution in [0, 0.1) is 11.6 Å². The van der Waals surface area contributed by atoms with Crippen LogP contribution >= 0.6 is 0 Å². The molecule has 0 fully saturated rings. The summed E-state index contributed by atoms with van der Waals surface area (Å²) in [6.07, 6.45) is 0. The molecular formula is C12H15F2N3O2. The fourth-order valence-electron chi connectivity index (χ4n) is 1.35. The first-order chi connectivity index (χ1) is 9.04. The molecule has 2 amide bonds. The zero-order chi connectivity index (χ0) is 14.3. The maximum Gasteiger partial charge on any atom is 0.238 e. The van der Waals surface area contributed by atoms with Crippen LogP contribution in [0.1, 0.15) is 6.92 Å². The van der Waals surface area contributed by atoms with Gasteiger partial charge in [-0.15, -0.1) is 0 Å². The molecule has 7 heteroatoms. The lowest BCUT2D eigenvalue weighted by Crippen LogP contribution is -2.37. The third-order valence-corrected chi connectivity index (χ3v) is 2.17. The summed E-state index contributed by atoms with van der Waals surface area (Å²) in [5.74, 6) is -2.59. The number of rotatable bonds is 6. The van der Waals surface area contributed by atoms with E-state index >= 15 is 0 Å². The summed E-state index contributed by atoms with van der Waals surface area (Å²) in [7, 11) is 0. The normalized spacial score (nSPS) is 10.1. The Kier molecular flexibility index (Phi) is 5.87. The van der Waals surface area contributed by atoms with E-state index in [-0.39, 0.29) is 19.0 Å². The minimum atomic E-state index is -0.850. The van der Waals surface area contributed by atoms with Crippen LogP contribution in [0.25, 0.3) is 0 Å². The Morgan fingerprint density at radius 2 is 1.68 bits per heavy atom. The van der Waals surface area contributed by atoms with Gasteiger partial charge in [0.05, 0.1) is 13.1 Å². The van der Waals surface area contributed by atoms with Crippen molar-refractivity contribution in [2.24, 2.45) is 0 Å². The van der Waals surface area contributed by atoms with Gasteiger partial charge < -0.3 is 10.6 Å². The van der Waals surface area contributed by atoms with Crippen molar-refractivity contribution in [2.75, 3.05) is 25.0 Å². The second kappa shape index (κ2) is 7.42. The van der Waals surface area contributed by atoms with Gasteiger partial charge in [0.25, 0.3) is 0 Å². The molecule has 0 heterocycles. The van der Waals surface area contributed by atoms with Crippen molar-refractivity contribution < 1.29 is 18.4 Å². The lowest BCUT2D eigenvalue weighted by molar-refractivity contribution is -0.120. The van der Waals surface area contributed by atoms with E-state index in [1.54, 1.807) is 6.92 Å². The minimum absolute atomic E-state index is 0.0407. The van der Waals surface area contributed by atoms with Crippen LogP contribution in [0.5, 0.6) is 0 Å². The first-order valence-electron chi connectivity index (χ1n) is 5.76. The number of carbonyl (C=O) groups is 2. The van der Waals surface area contributed by atoms with Crippen LogP contribution in [0.2, 0.25) is 0 Å². The van der Waals surface area contributed by atoms with Crippen molar-refractivity contribution in [1.29, 1.82) is 0 Å². The summed E-state index contributed by atoms with van der Waals surface area (Å²) in [4.78, 5) is 22.5. The topological polar surface area (TPSA) is 70.2 Å². The van der Waals surface area contributed by atoms with Crippen LogP contribution < -0.4 is 16.0 Å². The molecule has 1 aromatic carbocycles. The highest BCUT2D eigenvalue weighted by Crippen LogP contribution is 2.17. The average Bonchev–Trinajstić information content (AvgIpc) is 2.34. The number of halogens is 2. The molecule has 1 aromatic rings. The number of nitrogens with one attached hydrogen (secondary N) is 3. The third kappa shape index (κ3) is 5.01. The number of benzene rings is 1. The number of hydrogen-bond donors (Lipinski definition) is 3. The summed E-state index contributed by atoms with van der Waals surface area (Å²) in [6, 6.07) is 3.29. The van der Waals surface area contributed by atoms with Crippen LogP contribution in [-0.2, 0) is 9.59 Å². The van der Waals surface area contributed by atoms with Crippen molar-refractivity contribution in [2.45, 2.75) is 6.92 Å². The Bertz CT molecular complexity index is 446. The average molecular weight is 271 g/mol. The van der Waals surface area contributed by atoms with Crippen molar-refractivity contribution >= 4 is 17.5 Å². The minimum Gasteiger partial charge on any atom is -0.355 e. The molecule has 3 N–H and O–H groups in total. The standard InChI is InChI=1S/C12H15F2N3O2/c1-2-16-10(18)6-15-7-11(19)17-12-8(13)4-3-5-9(12)14/h3-5,15H,2,6-7H2,1H3,(H,16,18)(H,17,19). The van der Waals surface area contributed by atoms with Gasteiger partial charge >= 0.3 is 0 Å². The molecule has 0 radical (unpaired) electrons. The van der Waals surface area contributed by atoms with E-state index in [1.165, 1.54) is 6.07 Å². The second-order valence-electron chi connectivity index (χ2n) is 3.70. The van der Waals surface area contributed by atoms with Crippen molar-refractivity contribution in [3.63, 3.8) is 0 Å². The highest BCUT2D eigenvalue weighted by atomic mass is 19.1. The maximum absolute atomic E-state index is 13.2. The molecule has 0 aliphatic rings. The molecule has 0 saturated carbocycles. The highest BCUT2D eigenvalue weighted by molar-refractivity contribution is 5.92. The lowest BCUT2D eigenvalue weighted by atomic mass is 10.3. The summed E-state index contributed by atoms with van der Waals surface area (Å²) in [5, 5.41) is 7.20. The molecule has 0 atom stereocenters. The van der Waals surface area contributed by atoms with Crippen LogP contribution in [-0.4, -0.2) is 31.4 Å². The quantitative estimate of drug-likeness (QED) is 0.710. The third-order valence-electron chi connectivity index (χ3n) is 2.17. The van der Waals surface area contributed by atoms with Crippen molar-refractivity contribution in [1.82, 2.24) is 10.6 Å². The molecule has 0 saturated heterocycles. The first-order valence-corrected chi connectivity index (χ1v) is 5.76. The molecule has 0 aliphatic carbocycles. The van der Waals surface area contributed by atoms with E-state index < -0.39 is 23.2 Å². The van der Waals surface area contributed by atoms with Crippen LogP contribution in [0.4, 0.5) is 14.5 Å². The van der Waals surface area contributed by atoms with E-state index in [9.17, 15) is 18.4 Å². The molecule has 19 heavy (non-hydrogen) atoms. The number of hydrogen-bond acceptors (Lipinski definition) is 3. The van der Waals surface area contributed by atoms with Gasteiger partial charge in [-0.1, -0.05) is 6.07 Å². The Morgan fingerprint density at radius 1 is 1.11 bits per heavy atom. The zero-order valence-electron chi connectivity index (χ0n) is 10.4. The van der Waals surface area contributed by atoms with Gasteiger partial charge in [0.1, 0.15) is 17.3 Å². The Balaban J connectivity index is 2.41. The molecule has 104 valence electrons. The molecule has 0 aliphatic heterocycles. The maximum atomic E-state index is 13.2. The van der Waals surface area contributed by atoms with Gasteiger partial charge in [0.2, 0.25) is 11.8 Å². The molecule has 0 aromatic heterocycles. The summed E-state index contributed by atoms with van der Waals surface area (Å²) in [6.45, 7) is 2.00.